The summed E-state index contributed by atoms with van der Waals surface area (Å²) in [4.78, 5) is 4.36. The maximum atomic E-state index is 4.36. The van der Waals surface area contributed by atoms with Gasteiger partial charge in [0.2, 0.25) is 0 Å². The van der Waals surface area contributed by atoms with Crippen LogP contribution in [0.25, 0.3) is 0 Å². The second kappa shape index (κ2) is 6.38. The van der Waals surface area contributed by atoms with Gasteiger partial charge in [-0.2, -0.15) is 0 Å². The standard InChI is InChI=1S/C10H21N/c1-5-10(4)8-11-7-6-9(2)3/h7,9-10H,5-6,8H2,1-4H3/t10-/m0/s1. The molecule has 1 atom stereocenters. The molecule has 0 radical (unpaired) electrons. The lowest BCUT2D eigenvalue weighted by Crippen LogP contribution is -1.97. The molecule has 11 heavy (non-hydrogen) atoms. The smallest absolute Gasteiger partial charge is 0.0410 e. The van der Waals surface area contributed by atoms with E-state index >= 15 is 0 Å². The maximum Gasteiger partial charge on any atom is 0.0410 e. The Kier molecular flexibility index (Phi) is 6.19. The Bertz CT molecular complexity index is 105. The van der Waals surface area contributed by atoms with E-state index in [1.165, 1.54) is 6.42 Å². The first-order valence-corrected chi connectivity index (χ1v) is 4.65. The molecule has 66 valence electrons. The summed E-state index contributed by atoms with van der Waals surface area (Å²) in [5.74, 6) is 1.49. The van der Waals surface area contributed by atoms with Gasteiger partial charge >= 0.3 is 0 Å². The molecule has 0 aliphatic heterocycles. The molecule has 0 saturated carbocycles. The number of hydrogen-bond donors (Lipinski definition) is 0. The van der Waals surface area contributed by atoms with Crippen molar-refractivity contribution in [2.75, 3.05) is 6.54 Å². The van der Waals surface area contributed by atoms with Crippen molar-refractivity contribution in [3.63, 3.8) is 0 Å². The van der Waals surface area contributed by atoms with Crippen molar-refractivity contribution in [2.45, 2.75) is 40.5 Å². The summed E-state index contributed by atoms with van der Waals surface area (Å²) in [5, 5.41) is 0. The Morgan fingerprint density at radius 1 is 1.27 bits per heavy atom. The van der Waals surface area contributed by atoms with Crippen molar-refractivity contribution in [1.82, 2.24) is 0 Å². The van der Waals surface area contributed by atoms with Crippen LogP contribution >= 0.6 is 0 Å². The van der Waals surface area contributed by atoms with Crippen LogP contribution in [0.15, 0.2) is 4.99 Å². The van der Waals surface area contributed by atoms with Crippen molar-refractivity contribution in [3.05, 3.63) is 0 Å². The molecule has 0 fully saturated rings. The van der Waals surface area contributed by atoms with Crippen LogP contribution in [0.4, 0.5) is 0 Å². The Morgan fingerprint density at radius 2 is 1.91 bits per heavy atom. The molecule has 1 nitrogen and oxygen atoms in total. The summed E-state index contributed by atoms with van der Waals surface area (Å²) < 4.78 is 0. The lowest BCUT2D eigenvalue weighted by molar-refractivity contribution is 0.576. The van der Waals surface area contributed by atoms with Crippen molar-refractivity contribution in [2.24, 2.45) is 16.8 Å². The summed E-state index contributed by atoms with van der Waals surface area (Å²) in [6.07, 6.45) is 4.42. The maximum absolute atomic E-state index is 4.36. The minimum atomic E-state index is 0.746. The molecule has 0 spiro atoms. The van der Waals surface area contributed by atoms with Gasteiger partial charge in [0.1, 0.15) is 0 Å². The molecule has 0 saturated heterocycles. The highest BCUT2D eigenvalue weighted by Gasteiger charge is 1.94. The monoisotopic (exact) mass is 155 g/mol. The van der Waals surface area contributed by atoms with Crippen LogP contribution in [0.5, 0.6) is 0 Å². The molecule has 0 aromatic heterocycles. The summed E-state index contributed by atoms with van der Waals surface area (Å²) in [5.41, 5.74) is 0. The third-order valence-electron chi connectivity index (χ3n) is 1.82. The second-order valence-corrected chi connectivity index (χ2v) is 3.69. The van der Waals surface area contributed by atoms with Crippen LogP contribution in [0.1, 0.15) is 40.5 Å². The minimum absolute atomic E-state index is 0.746. The van der Waals surface area contributed by atoms with Gasteiger partial charge in [-0.1, -0.05) is 34.1 Å². The van der Waals surface area contributed by atoms with Gasteiger partial charge in [-0.05, 0) is 24.5 Å². The van der Waals surface area contributed by atoms with E-state index in [1.807, 2.05) is 0 Å². The molecule has 0 aromatic carbocycles. The van der Waals surface area contributed by atoms with E-state index in [-0.39, 0.29) is 0 Å². The van der Waals surface area contributed by atoms with E-state index in [2.05, 4.69) is 38.9 Å². The fraction of sp³-hybridized carbons (Fsp3) is 0.900. The van der Waals surface area contributed by atoms with Crippen LogP contribution in [0, 0.1) is 11.8 Å². The minimum Gasteiger partial charge on any atom is -0.297 e. The highest BCUT2D eigenvalue weighted by Crippen LogP contribution is 2.00. The van der Waals surface area contributed by atoms with Crippen LogP contribution in [-0.2, 0) is 0 Å². The average Bonchev–Trinajstić information content (AvgIpc) is 1.97. The quantitative estimate of drug-likeness (QED) is 0.541. The van der Waals surface area contributed by atoms with E-state index < -0.39 is 0 Å². The van der Waals surface area contributed by atoms with Crippen molar-refractivity contribution in [1.29, 1.82) is 0 Å². The van der Waals surface area contributed by atoms with Gasteiger partial charge in [-0.25, -0.2) is 0 Å². The first-order valence-electron chi connectivity index (χ1n) is 4.65. The van der Waals surface area contributed by atoms with Crippen LogP contribution < -0.4 is 0 Å². The van der Waals surface area contributed by atoms with E-state index in [4.69, 9.17) is 0 Å². The molecule has 0 aliphatic carbocycles. The molecule has 0 rings (SSSR count). The van der Waals surface area contributed by atoms with E-state index in [0.717, 1.165) is 24.8 Å². The van der Waals surface area contributed by atoms with Crippen LogP contribution in [0.3, 0.4) is 0 Å². The molecule has 0 heterocycles. The summed E-state index contributed by atoms with van der Waals surface area (Å²) >= 11 is 0. The molecule has 0 unspecified atom stereocenters. The fourth-order valence-electron chi connectivity index (χ4n) is 0.669. The fourth-order valence-corrected chi connectivity index (χ4v) is 0.669. The van der Waals surface area contributed by atoms with Crippen molar-refractivity contribution < 1.29 is 0 Å². The van der Waals surface area contributed by atoms with E-state index in [9.17, 15) is 0 Å². The summed E-state index contributed by atoms with van der Waals surface area (Å²) in [6.45, 7) is 9.89. The zero-order chi connectivity index (χ0) is 8.69. The van der Waals surface area contributed by atoms with Crippen molar-refractivity contribution >= 4 is 6.21 Å². The molecule has 0 amide bonds. The third kappa shape index (κ3) is 7.57. The van der Waals surface area contributed by atoms with Crippen LogP contribution in [-0.4, -0.2) is 12.8 Å². The van der Waals surface area contributed by atoms with Gasteiger partial charge in [0.15, 0.2) is 0 Å². The van der Waals surface area contributed by atoms with Gasteiger partial charge in [0.05, 0.1) is 0 Å². The molecule has 0 aliphatic rings. The van der Waals surface area contributed by atoms with Crippen molar-refractivity contribution in [3.8, 4) is 0 Å². The predicted octanol–water partition coefficient (Wildman–Crippen LogP) is 3.15. The zero-order valence-electron chi connectivity index (χ0n) is 8.30. The number of hydrogen-bond acceptors (Lipinski definition) is 1. The normalized spacial score (nSPS) is 14.6. The third-order valence-corrected chi connectivity index (χ3v) is 1.82. The zero-order valence-corrected chi connectivity index (χ0v) is 8.30. The first kappa shape index (κ1) is 10.7. The number of rotatable bonds is 5. The highest BCUT2D eigenvalue weighted by atomic mass is 14.7. The van der Waals surface area contributed by atoms with Gasteiger partial charge < -0.3 is 0 Å². The molecule has 0 aromatic rings. The van der Waals surface area contributed by atoms with E-state index in [1.54, 1.807) is 0 Å². The molecule has 0 bridgehead atoms. The SMILES string of the molecule is CC[C@H](C)CN=CCC(C)C. The Morgan fingerprint density at radius 3 is 2.36 bits per heavy atom. The van der Waals surface area contributed by atoms with Gasteiger partial charge in [0, 0.05) is 6.54 Å². The lowest BCUT2D eigenvalue weighted by Gasteiger charge is -2.02. The highest BCUT2D eigenvalue weighted by molar-refractivity contribution is 5.57. The van der Waals surface area contributed by atoms with Gasteiger partial charge in [0.25, 0.3) is 0 Å². The van der Waals surface area contributed by atoms with Crippen LogP contribution in [0.2, 0.25) is 0 Å². The van der Waals surface area contributed by atoms with Gasteiger partial charge in [-0.15, -0.1) is 0 Å². The topological polar surface area (TPSA) is 12.4 Å². The van der Waals surface area contributed by atoms with E-state index in [0.29, 0.717) is 0 Å². The average molecular weight is 155 g/mol. The number of nitrogens with zero attached hydrogens (tertiary/aromatic N) is 1. The second-order valence-electron chi connectivity index (χ2n) is 3.69. The molecule has 1 heteroatoms. The Labute approximate surface area is 70.9 Å². The largest absolute Gasteiger partial charge is 0.297 e. The molecule has 0 N–H and O–H groups in total. The Balaban J connectivity index is 3.29. The summed E-state index contributed by atoms with van der Waals surface area (Å²) in [7, 11) is 0. The molecular weight excluding hydrogens is 134 g/mol. The Hall–Kier alpha value is -0.330. The number of aliphatic imine (C=N–C) groups is 1. The summed E-state index contributed by atoms with van der Waals surface area (Å²) in [6, 6.07) is 0. The first-order chi connectivity index (χ1) is 5.16. The molecular formula is C10H21N. The lowest BCUT2D eigenvalue weighted by atomic mass is 10.1. The predicted molar refractivity (Wildman–Crippen MR) is 52.3 cm³/mol. The van der Waals surface area contributed by atoms with Gasteiger partial charge in [-0.3, -0.25) is 4.99 Å².